The van der Waals surface area contributed by atoms with Crippen LogP contribution in [0.2, 0.25) is 0 Å². The van der Waals surface area contributed by atoms with E-state index in [4.69, 9.17) is 0 Å². The summed E-state index contributed by atoms with van der Waals surface area (Å²) < 4.78 is 0. The molecule has 0 spiro atoms. The van der Waals surface area contributed by atoms with Crippen LogP contribution in [0.3, 0.4) is 0 Å². The normalized spacial score (nSPS) is 40.6. The molecule has 4 unspecified atom stereocenters. The van der Waals surface area contributed by atoms with Gasteiger partial charge in [0.15, 0.2) is 0 Å². The van der Waals surface area contributed by atoms with Crippen LogP contribution >= 0.6 is 15.9 Å². The molecule has 2 N–H and O–H groups in total. The molecule has 0 aromatic carbocycles. The lowest BCUT2D eigenvalue weighted by Gasteiger charge is -2.38. The zero-order valence-corrected chi connectivity index (χ0v) is 9.70. The van der Waals surface area contributed by atoms with Crippen molar-refractivity contribution >= 4 is 15.9 Å². The maximum absolute atomic E-state index is 9.20. The topological polar surface area (TPSA) is 40.5 Å². The van der Waals surface area contributed by atoms with Crippen LogP contribution in [0.4, 0.5) is 0 Å². The highest BCUT2D eigenvalue weighted by Crippen LogP contribution is 2.38. The minimum atomic E-state index is 0.221. The van der Waals surface area contributed by atoms with Crippen LogP contribution in [0.15, 0.2) is 0 Å². The first-order valence-electron chi connectivity index (χ1n) is 5.00. The summed E-state index contributed by atoms with van der Waals surface area (Å²) in [4.78, 5) is 0. The number of hydrogen-bond acceptors (Lipinski definition) is 2. The van der Waals surface area contributed by atoms with Crippen molar-refractivity contribution in [1.29, 1.82) is 0 Å². The maximum atomic E-state index is 9.20. The second-order valence-electron chi connectivity index (χ2n) is 4.26. The summed E-state index contributed by atoms with van der Waals surface area (Å²) in [5.41, 5.74) is 0. The van der Waals surface area contributed by atoms with E-state index in [9.17, 15) is 10.2 Å². The Bertz CT molecular complexity index is 152. The Morgan fingerprint density at radius 1 is 1.23 bits per heavy atom. The largest absolute Gasteiger partial charge is 0.396 e. The molecule has 0 aromatic heterocycles. The second kappa shape index (κ2) is 5.32. The Morgan fingerprint density at radius 3 is 2.38 bits per heavy atom. The molecule has 0 radical (unpaired) electrons. The van der Waals surface area contributed by atoms with Crippen LogP contribution in [0.1, 0.15) is 19.8 Å². The molecular weight excluding hydrogens is 232 g/mol. The molecule has 4 atom stereocenters. The molecule has 1 rings (SSSR count). The van der Waals surface area contributed by atoms with Gasteiger partial charge < -0.3 is 10.2 Å². The van der Waals surface area contributed by atoms with Gasteiger partial charge in [0.05, 0.1) is 0 Å². The first-order chi connectivity index (χ1) is 6.22. The minimum Gasteiger partial charge on any atom is -0.396 e. The molecule has 0 heterocycles. The van der Waals surface area contributed by atoms with E-state index in [0.29, 0.717) is 23.7 Å². The molecule has 78 valence electrons. The van der Waals surface area contributed by atoms with E-state index in [2.05, 4.69) is 22.9 Å². The van der Waals surface area contributed by atoms with Crippen molar-refractivity contribution in [2.24, 2.45) is 23.7 Å². The molecule has 3 heteroatoms. The van der Waals surface area contributed by atoms with Gasteiger partial charge in [-0.25, -0.2) is 0 Å². The fourth-order valence-corrected chi connectivity index (χ4v) is 3.06. The molecule has 13 heavy (non-hydrogen) atoms. The summed E-state index contributed by atoms with van der Waals surface area (Å²) in [5.74, 6) is 1.82. The van der Waals surface area contributed by atoms with Crippen molar-refractivity contribution in [2.75, 3.05) is 18.5 Å². The van der Waals surface area contributed by atoms with Gasteiger partial charge in [0.25, 0.3) is 0 Å². The van der Waals surface area contributed by atoms with Gasteiger partial charge in [-0.15, -0.1) is 0 Å². The van der Waals surface area contributed by atoms with Gasteiger partial charge in [0.2, 0.25) is 0 Å². The van der Waals surface area contributed by atoms with Gasteiger partial charge in [-0.2, -0.15) is 0 Å². The van der Waals surface area contributed by atoms with E-state index in [1.54, 1.807) is 0 Å². The molecule has 0 aliphatic heterocycles. The smallest absolute Gasteiger partial charge is 0.0465 e. The van der Waals surface area contributed by atoms with Gasteiger partial charge in [-0.3, -0.25) is 0 Å². The average molecular weight is 251 g/mol. The third-order valence-electron chi connectivity index (χ3n) is 3.34. The monoisotopic (exact) mass is 250 g/mol. The van der Waals surface area contributed by atoms with E-state index in [-0.39, 0.29) is 13.2 Å². The number of aliphatic hydroxyl groups is 2. The van der Waals surface area contributed by atoms with Gasteiger partial charge in [-0.1, -0.05) is 22.9 Å². The number of alkyl halides is 1. The zero-order chi connectivity index (χ0) is 9.84. The highest BCUT2D eigenvalue weighted by Gasteiger charge is 2.34. The average Bonchev–Trinajstić information content (AvgIpc) is 2.16. The van der Waals surface area contributed by atoms with Gasteiger partial charge in [0, 0.05) is 18.5 Å². The molecule has 1 aliphatic carbocycles. The molecule has 1 aliphatic rings. The Morgan fingerprint density at radius 2 is 1.92 bits per heavy atom. The summed E-state index contributed by atoms with van der Waals surface area (Å²) in [5, 5.41) is 19.4. The molecular formula is C10H19BrO2. The zero-order valence-electron chi connectivity index (χ0n) is 8.12. The molecule has 0 bridgehead atoms. The Hall–Kier alpha value is 0.400. The van der Waals surface area contributed by atoms with Crippen molar-refractivity contribution in [1.82, 2.24) is 0 Å². The molecule has 0 amide bonds. The van der Waals surface area contributed by atoms with Crippen molar-refractivity contribution in [3.05, 3.63) is 0 Å². The van der Waals surface area contributed by atoms with Gasteiger partial charge in [0.1, 0.15) is 0 Å². The van der Waals surface area contributed by atoms with E-state index >= 15 is 0 Å². The van der Waals surface area contributed by atoms with E-state index in [1.165, 1.54) is 6.42 Å². The standard InChI is InChI=1S/C10H19BrO2/c1-7-2-8(4-11)3-9(5-12)10(7)6-13/h7-10,12-13H,2-6H2,1H3. The lowest BCUT2D eigenvalue weighted by Crippen LogP contribution is -2.36. The first kappa shape index (κ1) is 11.5. The van der Waals surface area contributed by atoms with Crippen LogP contribution in [-0.4, -0.2) is 28.8 Å². The Kier molecular flexibility index (Phi) is 4.70. The quantitative estimate of drug-likeness (QED) is 0.749. The van der Waals surface area contributed by atoms with Gasteiger partial charge in [-0.05, 0) is 36.5 Å². The Balaban J connectivity index is 2.57. The van der Waals surface area contributed by atoms with Crippen LogP contribution < -0.4 is 0 Å². The van der Waals surface area contributed by atoms with E-state index in [1.807, 2.05) is 0 Å². The summed E-state index contributed by atoms with van der Waals surface area (Å²) in [6, 6.07) is 0. The van der Waals surface area contributed by atoms with E-state index in [0.717, 1.165) is 11.8 Å². The van der Waals surface area contributed by atoms with Crippen LogP contribution in [0, 0.1) is 23.7 Å². The summed E-state index contributed by atoms with van der Waals surface area (Å²) >= 11 is 3.49. The first-order valence-corrected chi connectivity index (χ1v) is 6.12. The van der Waals surface area contributed by atoms with Crippen molar-refractivity contribution in [3.63, 3.8) is 0 Å². The summed E-state index contributed by atoms with van der Waals surface area (Å²) in [7, 11) is 0. The minimum absolute atomic E-state index is 0.221. The van der Waals surface area contributed by atoms with Crippen LogP contribution in [-0.2, 0) is 0 Å². The van der Waals surface area contributed by atoms with Gasteiger partial charge >= 0.3 is 0 Å². The summed E-state index contributed by atoms with van der Waals surface area (Å²) in [6.45, 7) is 2.62. The third kappa shape index (κ3) is 2.67. The SMILES string of the molecule is CC1CC(CBr)CC(CO)C1CO. The second-order valence-corrected chi connectivity index (χ2v) is 4.91. The Labute approximate surface area is 88.5 Å². The highest BCUT2D eigenvalue weighted by atomic mass is 79.9. The predicted molar refractivity (Wildman–Crippen MR) is 56.8 cm³/mol. The molecule has 1 fully saturated rings. The lowest BCUT2D eigenvalue weighted by molar-refractivity contribution is 0.0332. The third-order valence-corrected chi connectivity index (χ3v) is 4.26. The molecule has 0 saturated heterocycles. The fraction of sp³-hybridized carbons (Fsp3) is 1.00. The fourth-order valence-electron chi connectivity index (χ4n) is 2.53. The number of hydrogen-bond donors (Lipinski definition) is 2. The predicted octanol–water partition coefficient (Wildman–Crippen LogP) is 1.64. The van der Waals surface area contributed by atoms with E-state index < -0.39 is 0 Å². The highest BCUT2D eigenvalue weighted by molar-refractivity contribution is 9.09. The summed E-state index contributed by atoms with van der Waals surface area (Å²) in [6.07, 6.45) is 2.23. The molecule has 2 nitrogen and oxygen atoms in total. The number of aliphatic hydroxyl groups excluding tert-OH is 2. The number of halogens is 1. The number of rotatable bonds is 3. The van der Waals surface area contributed by atoms with Crippen LogP contribution in [0.25, 0.3) is 0 Å². The maximum Gasteiger partial charge on any atom is 0.0465 e. The van der Waals surface area contributed by atoms with Crippen molar-refractivity contribution in [2.45, 2.75) is 19.8 Å². The van der Waals surface area contributed by atoms with Crippen LogP contribution in [0.5, 0.6) is 0 Å². The van der Waals surface area contributed by atoms with Crippen molar-refractivity contribution in [3.8, 4) is 0 Å². The molecule has 0 aromatic rings. The lowest BCUT2D eigenvalue weighted by atomic mass is 9.69. The van der Waals surface area contributed by atoms with Crippen molar-refractivity contribution < 1.29 is 10.2 Å². The molecule has 1 saturated carbocycles.